The van der Waals surface area contributed by atoms with Crippen molar-refractivity contribution in [2.75, 3.05) is 32.8 Å². The summed E-state index contributed by atoms with van der Waals surface area (Å²) in [5.41, 5.74) is 0. The van der Waals surface area contributed by atoms with E-state index < -0.39 is 10.2 Å². The third-order valence-electron chi connectivity index (χ3n) is 2.04. The number of aliphatic hydroxyl groups excluding tert-OH is 1. The average molecular weight is 236 g/mol. The zero-order chi connectivity index (χ0) is 11.9. The summed E-state index contributed by atoms with van der Waals surface area (Å²) < 4.78 is 26.5. The van der Waals surface area contributed by atoms with E-state index in [9.17, 15) is 8.42 Å². The Morgan fingerprint density at radius 1 is 1.27 bits per heavy atom. The molecule has 0 aliphatic rings. The lowest BCUT2D eigenvalue weighted by Crippen LogP contribution is -2.44. The Labute approximate surface area is 92.2 Å². The molecule has 6 heteroatoms. The summed E-state index contributed by atoms with van der Waals surface area (Å²) in [5.74, 6) is 0. The van der Waals surface area contributed by atoms with Crippen molar-refractivity contribution in [2.45, 2.75) is 13.8 Å². The largest absolute Gasteiger partial charge is 0.395 e. The topological polar surface area (TPSA) is 60.9 Å². The van der Waals surface area contributed by atoms with E-state index in [1.165, 1.54) is 14.7 Å². The summed E-state index contributed by atoms with van der Waals surface area (Å²) in [7, 11) is -3.45. The van der Waals surface area contributed by atoms with Gasteiger partial charge in [0.25, 0.3) is 10.2 Å². The molecule has 0 saturated carbocycles. The van der Waals surface area contributed by atoms with Crippen molar-refractivity contribution >= 4 is 10.2 Å². The molecule has 0 spiro atoms. The van der Waals surface area contributed by atoms with Gasteiger partial charge in [0.2, 0.25) is 0 Å². The molecular weight excluding hydrogens is 216 g/mol. The quantitative estimate of drug-likeness (QED) is 0.606. The molecule has 0 atom stereocenters. The fourth-order valence-corrected chi connectivity index (χ4v) is 2.85. The van der Waals surface area contributed by atoms with E-state index in [4.69, 9.17) is 5.11 Å². The van der Waals surface area contributed by atoms with Crippen LogP contribution in [-0.4, -0.2) is 54.9 Å². The number of nitrogens with zero attached hydrogens (tertiary/aromatic N) is 2. The summed E-state index contributed by atoms with van der Waals surface area (Å²) in [5, 5.41) is 8.79. The Morgan fingerprint density at radius 2 is 1.80 bits per heavy atom. The number of rotatable bonds is 8. The molecular formula is C9H20N2O3S. The summed E-state index contributed by atoms with van der Waals surface area (Å²) in [6.45, 7) is 8.06. The highest BCUT2D eigenvalue weighted by Crippen LogP contribution is 2.07. The zero-order valence-corrected chi connectivity index (χ0v) is 10.2. The van der Waals surface area contributed by atoms with Crippen molar-refractivity contribution in [3.63, 3.8) is 0 Å². The second-order valence-electron chi connectivity index (χ2n) is 2.96. The highest BCUT2D eigenvalue weighted by molar-refractivity contribution is 7.86. The first kappa shape index (κ1) is 14.6. The van der Waals surface area contributed by atoms with Crippen LogP contribution in [0.25, 0.3) is 0 Å². The number of hydrogen-bond acceptors (Lipinski definition) is 3. The van der Waals surface area contributed by atoms with Gasteiger partial charge >= 0.3 is 0 Å². The summed E-state index contributed by atoms with van der Waals surface area (Å²) in [4.78, 5) is 0. The molecule has 0 saturated heterocycles. The van der Waals surface area contributed by atoms with Crippen LogP contribution in [0, 0.1) is 0 Å². The second-order valence-corrected chi connectivity index (χ2v) is 4.89. The van der Waals surface area contributed by atoms with Crippen LogP contribution in [0.5, 0.6) is 0 Å². The van der Waals surface area contributed by atoms with E-state index in [-0.39, 0.29) is 19.7 Å². The van der Waals surface area contributed by atoms with Gasteiger partial charge in [-0.15, -0.1) is 6.58 Å². The monoisotopic (exact) mass is 236 g/mol. The van der Waals surface area contributed by atoms with Crippen LogP contribution in [0.1, 0.15) is 13.8 Å². The van der Waals surface area contributed by atoms with Crippen molar-refractivity contribution in [3.05, 3.63) is 12.7 Å². The lowest BCUT2D eigenvalue weighted by atomic mass is 10.6. The molecule has 0 rings (SSSR count). The first-order chi connectivity index (χ1) is 7.04. The van der Waals surface area contributed by atoms with E-state index >= 15 is 0 Å². The maximum atomic E-state index is 12.0. The SMILES string of the molecule is C=CCN(CCO)S(=O)(=O)N(CC)CC. The first-order valence-electron chi connectivity index (χ1n) is 5.01. The molecule has 0 aliphatic carbocycles. The molecule has 0 aromatic rings. The van der Waals surface area contributed by atoms with Crippen LogP contribution in [0.2, 0.25) is 0 Å². The van der Waals surface area contributed by atoms with Gasteiger partial charge in [-0.25, -0.2) is 0 Å². The van der Waals surface area contributed by atoms with Gasteiger partial charge in [0.1, 0.15) is 0 Å². The molecule has 15 heavy (non-hydrogen) atoms. The third-order valence-corrected chi connectivity index (χ3v) is 4.19. The molecule has 0 unspecified atom stereocenters. The zero-order valence-electron chi connectivity index (χ0n) is 9.39. The van der Waals surface area contributed by atoms with E-state index in [0.29, 0.717) is 13.1 Å². The molecule has 0 heterocycles. The fourth-order valence-electron chi connectivity index (χ4n) is 1.27. The normalized spacial score (nSPS) is 12.3. The highest BCUT2D eigenvalue weighted by atomic mass is 32.2. The molecule has 0 aromatic heterocycles. The Bertz CT molecular complexity index is 273. The van der Waals surface area contributed by atoms with Gasteiger partial charge in [-0.3, -0.25) is 0 Å². The van der Waals surface area contributed by atoms with Gasteiger partial charge in [0, 0.05) is 26.2 Å². The van der Waals surface area contributed by atoms with E-state index in [0.717, 1.165) is 0 Å². The van der Waals surface area contributed by atoms with Crippen LogP contribution in [0.4, 0.5) is 0 Å². The smallest absolute Gasteiger partial charge is 0.282 e. The summed E-state index contributed by atoms with van der Waals surface area (Å²) >= 11 is 0. The third kappa shape index (κ3) is 3.90. The fraction of sp³-hybridized carbons (Fsp3) is 0.778. The van der Waals surface area contributed by atoms with Crippen molar-refractivity contribution in [1.82, 2.24) is 8.61 Å². The van der Waals surface area contributed by atoms with E-state index in [2.05, 4.69) is 6.58 Å². The Kier molecular flexibility index (Phi) is 6.75. The Balaban J connectivity index is 4.83. The molecule has 0 radical (unpaired) electrons. The van der Waals surface area contributed by atoms with Crippen molar-refractivity contribution < 1.29 is 13.5 Å². The van der Waals surface area contributed by atoms with Gasteiger partial charge < -0.3 is 5.11 Å². The van der Waals surface area contributed by atoms with Gasteiger partial charge in [0.15, 0.2) is 0 Å². The van der Waals surface area contributed by atoms with Gasteiger partial charge in [-0.05, 0) is 0 Å². The van der Waals surface area contributed by atoms with E-state index in [1.54, 1.807) is 13.8 Å². The van der Waals surface area contributed by atoms with Crippen LogP contribution in [-0.2, 0) is 10.2 Å². The molecule has 0 aromatic carbocycles. The van der Waals surface area contributed by atoms with Crippen LogP contribution < -0.4 is 0 Å². The minimum atomic E-state index is -3.45. The molecule has 5 nitrogen and oxygen atoms in total. The van der Waals surface area contributed by atoms with Crippen molar-refractivity contribution in [3.8, 4) is 0 Å². The Hall–Kier alpha value is -0.430. The van der Waals surface area contributed by atoms with Crippen molar-refractivity contribution in [2.24, 2.45) is 0 Å². The maximum absolute atomic E-state index is 12.0. The average Bonchev–Trinajstić information content (AvgIpc) is 2.19. The standard InChI is InChI=1S/C9H20N2O3S/c1-4-7-11(8-9-12)15(13,14)10(5-2)6-3/h4,12H,1,5-9H2,2-3H3. The number of aliphatic hydroxyl groups is 1. The van der Waals surface area contributed by atoms with Crippen LogP contribution in [0.15, 0.2) is 12.7 Å². The lowest BCUT2D eigenvalue weighted by molar-refractivity contribution is 0.252. The minimum absolute atomic E-state index is 0.102. The molecule has 0 fully saturated rings. The predicted molar refractivity (Wildman–Crippen MR) is 60.7 cm³/mol. The molecule has 0 amide bonds. The predicted octanol–water partition coefficient (Wildman–Crippen LogP) is 0.0533. The molecule has 1 N–H and O–H groups in total. The molecule has 0 bridgehead atoms. The highest BCUT2D eigenvalue weighted by Gasteiger charge is 2.25. The van der Waals surface area contributed by atoms with Crippen molar-refractivity contribution in [1.29, 1.82) is 0 Å². The summed E-state index contributed by atoms with van der Waals surface area (Å²) in [6.07, 6.45) is 1.51. The number of hydrogen-bond donors (Lipinski definition) is 1. The Morgan fingerprint density at radius 3 is 2.13 bits per heavy atom. The van der Waals surface area contributed by atoms with Gasteiger partial charge in [0.05, 0.1) is 6.61 Å². The van der Waals surface area contributed by atoms with Gasteiger partial charge in [-0.1, -0.05) is 19.9 Å². The minimum Gasteiger partial charge on any atom is -0.395 e. The molecule has 0 aliphatic heterocycles. The second kappa shape index (κ2) is 6.95. The van der Waals surface area contributed by atoms with Gasteiger partial charge in [-0.2, -0.15) is 17.0 Å². The molecule has 90 valence electrons. The van der Waals surface area contributed by atoms with E-state index in [1.807, 2.05) is 0 Å². The van der Waals surface area contributed by atoms with Crippen LogP contribution in [0.3, 0.4) is 0 Å². The summed E-state index contributed by atoms with van der Waals surface area (Å²) in [6, 6.07) is 0. The first-order valence-corrected chi connectivity index (χ1v) is 6.41. The lowest BCUT2D eigenvalue weighted by Gasteiger charge is -2.27. The van der Waals surface area contributed by atoms with Crippen LogP contribution >= 0.6 is 0 Å². The maximum Gasteiger partial charge on any atom is 0.282 e.